The fourth-order valence-electron chi connectivity index (χ4n) is 2.58. The molecule has 0 saturated carbocycles. The molecule has 0 fully saturated rings. The molecule has 0 radical (unpaired) electrons. The van der Waals surface area contributed by atoms with Crippen molar-refractivity contribution in [1.82, 2.24) is 19.4 Å². The number of rotatable bonds is 8. The quantitative estimate of drug-likeness (QED) is 0.256. The zero-order chi connectivity index (χ0) is 20.1. The number of fused-ring (bicyclic) bond motifs is 1. The van der Waals surface area contributed by atoms with E-state index in [0.717, 1.165) is 10.6 Å². The molecule has 0 aliphatic heterocycles. The molecule has 1 N–H and O–H groups in total. The van der Waals surface area contributed by atoms with E-state index in [1.807, 2.05) is 6.92 Å². The third kappa shape index (κ3) is 4.78. The van der Waals surface area contributed by atoms with Crippen molar-refractivity contribution in [2.24, 2.45) is 0 Å². The highest BCUT2D eigenvalue weighted by Gasteiger charge is 2.13. The summed E-state index contributed by atoms with van der Waals surface area (Å²) in [6.07, 6.45) is 3.10. The molecule has 2 aromatic heterocycles. The number of thioether (sulfide) groups is 1. The minimum Gasteiger partial charge on any atom is -0.354 e. The summed E-state index contributed by atoms with van der Waals surface area (Å²) in [5.74, 6) is 0.536. The third-order valence-electron chi connectivity index (χ3n) is 3.98. The van der Waals surface area contributed by atoms with Gasteiger partial charge in [0.15, 0.2) is 9.60 Å². The molecule has 28 heavy (non-hydrogen) atoms. The number of hydrogen-bond donors (Lipinski definition) is 1. The average Bonchev–Trinajstić information content (AvgIpc) is 2.99. The fourth-order valence-corrected chi connectivity index (χ4v) is 4.66. The first-order valence-corrected chi connectivity index (χ1v) is 10.9. The van der Waals surface area contributed by atoms with E-state index in [4.69, 9.17) is 12.2 Å². The van der Waals surface area contributed by atoms with Gasteiger partial charge in [-0.05, 0) is 31.3 Å². The lowest BCUT2D eigenvalue weighted by atomic mass is 10.2. The molecular formula is C19H20N4O2S3. The number of carbonyl (C=O) groups excluding carboxylic acids is 1. The lowest BCUT2D eigenvalue weighted by molar-refractivity contribution is -0.121. The fraction of sp³-hybridized carbons (Fsp3) is 0.263. The number of nitrogens with zero attached hydrogens (tertiary/aromatic N) is 3. The maximum absolute atomic E-state index is 12.6. The molecular weight excluding hydrogens is 412 g/mol. The Bertz CT molecular complexity index is 1110. The number of aryl methyl sites for hydroxylation is 1. The van der Waals surface area contributed by atoms with E-state index < -0.39 is 0 Å². The molecule has 1 amide bonds. The van der Waals surface area contributed by atoms with Gasteiger partial charge >= 0.3 is 0 Å². The molecule has 6 nitrogen and oxygen atoms in total. The number of allylic oxidation sites excluding steroid dienone is 1. The minimum absolute atomic E-state index is 0.0664. The van der Waals surface area contributed by atoms with E-state index in [-0.39, 0.29) is 18.0 Å². The lowest BCUT2D eigenvalue weighted by Crippen LogP contribution is -2.33. The number of hydrogen-bond acceptors (Lipinski definition) is 6. The molecule has 1 aromatic carbocycles. The van der Waals surface area contributed by atoms with E-state index in [1.165, 1.54) is 27.8 Å². The van der Waals surface area contributed by atoms with Crippen LogP contribution in [0, 0.1) is 10.9 Å². The number of benzene rings is 1. The van der Waals surface area contributed by atoms with Gasteiger partial charge in [-0.1, -0.05) is 35.1 Å². The van der Waals surface area contributed by atoms with Crippen molar-refractivity contribution in [3.63, 3.8) is 0 Å². The SMILES string of the molecule is C=CCn1c(=S)sc2c(=O)n(CC(=O)NCCSc3ccc(C)cc3)cnc21. The second kappa shape index (κ2) is 9.31. The molecule has 0 unspecified atom stereocenters. The van der Waals surface area contributed by atoms with Crippen LogP contribution in [0.25, 0.3) is 10.3 Å². The van der Waals surface area contributed by atoms with E-state index in [0.29, 0.717) is 27.4 Å². The average molecular weight is 433 g/mol. The van der Waals surface area contributed by atoms with Crippen molar-refractivity contribution in [3.8, 4) is 0 Å². The van der Waals surface area contributed by atoms with Crippen LogP contribution in [0.15, 0.2) is 52.9 Å². The molecule has 0 aliphatic rings. The Labute approximate surface area is 175 Å². The number of nitrogens with one attached hydrogen (secondary N) is 1. The largest absolute Gasteiger partial charge is 0.354 e. The van der Waals surface area contributed by atoms with Gasteiger partial charge in [0.05, 0.1) is 0 Å². The van der Waals surface area contributed by atoms with Crippen LogP contribution in [-0.4, -0.2) is 32.3 Å². The Hall–Kier alpha value is -2.23. The Morgan fingerprint density at radius 3 is 2.86 bits per heavy atom. The van der Waals surface area contributed by atoms with Gasteiger partial charge in [-0.15, -0.1) is 18.3 Å². The molecule has 0 atom stereocenters. The first-order chi connectivity index (χ1) is 13.5. The van der Waals surface area contributed by atoms with Gasteiger partial charge in [0.2, 0.25) is 5.91 Å². The smallest absolute Gasteiger partial charge is 0.273 e. The second-order valence-corrected chi connectivity index (χ2v) is 8.92. The number of aromatic nitrogens is 3. The first-order valence-electron chi connectivity index (χ1n) is 8.65. The molecule has 0 spiro atoms. The highest BCUT2D eigenvalue weighted by atomic mass is 32.2. The minimum atomic E-state index is -0.256. The Balaban J connectivity index is 1.59. The van der Waals surface area contributed by atoms with E-state index in [1.54, 1.807) is 22.4 Å². The zero-order valence-electron chi connectivity index (χ0n) is 15.4. The summed E-state index contributed by atoms with van der Waals surface area (Å²) in [6, 6.07) is 8.26. The van der Waals surface area contributed by atoms with Crippen molar-refractivity contribution >= 4 is 51.6 Å². The van der Waals surface area contributed by atoms with Crippen LogP contribution < -0.4 is 10.9 Å². The van der Waals surface area contributed by atoms with Gasteiger partial charge in [0.25, 0.3) is 5.56 Å². The summed E-state index contributed by atoms with van der Waals surface area (Å²) in [4.78, 5) is 30.3. The monoisotopic (exact) mass is 432 g/mol. The van der Waals surface area contributed by atoms with Gasteiger partial charge in [0, 0.05) is 23.7 Å². The topological polar surface area (TPSA) is 68.9 Å². The Kier molecular flexibility index (Phi) is 6.82. The molecule has 0 aliphatic carbocycles. The molecule has 2 heterocycles. The lowest BCUT2D eigenvalue weighted by Gasteiger charge is -2.07. The summed E-state index contributed by atoms with van der Waals surface area (Å²) < 4.78 is 4.09. The van der Waals surface area contributed by atoms with Crippen LogP contribution >= 0.6 is 35.3 Å². The van der Waals surface area contributed by atoms with Crippen molar-refractivity contribution in [2.75, 3.05) is 12.3 Å². The molecule has 0 bridgehead atoms. The maximum Gasteiger partial charge on any atom is 0.273 e. The van der Waals surface area contributed by atoms with Crippen LogP contribution in [-0.2, 0) is 17.9 Å². The van der Waals surface area contributed by atoms with Crippen LogP contribution in [0.4, 0.5) is 0 Å². The predicted molar refractivity (Wildman–Crippen MR) is 118 cm³/mol. The van der Waals surface area contributed by atoms with Gasteiger partial charge < -0.3 is 9.88 Å². The molecule has 0 saturated heterocycles. The van der Waals surface area contributed by atoms with Crippen molar-refractivity contribution in [3.05, 3.63) is 63.1 Å². The van der Waals surface area contributed by atoms with E-state index in [2.05, 4.69) is 41.1 Å². The normalized spacial score (nSPS) is 10.9. The van der Waals surface area contributed by atoms with Crippen molar-refractivity contribution < 1.29 is 4.79 Å². The zero-order valence-corrected chi connectivity index (χ0v) is 17.8. The van der Waals surface area contributed by atoms with Crippen LogP contribution in [0.1, 0.15) is 5.56 Å². The summed E-state index contributed by atoms with van der Waals surface area (Å²) in [5.41, 5.74) is 1.50. The Morgan fingerprint density at radius 1 is 1.39 bits per heavy atom. The second-order valence-electron chi connectivity index (χ2n) is 6.11. The molecule has 3 aromatic rings. The summed E-state index contributed by atoms with van der Waals surface area (Å²) in [6.45, 7) is 6.69. The molecule has 3 rings (SSSR count). The first kappa shape index (κ1) is 20.5. The summed E-state index contributed by atoms with van der Waals surface area (Å²) in [7, 11) is 0. The van der Waals surface area contributed by atoms with Gasteiger partial charge in [-0.25, -0.2) is 4.98 Å². The predicted octanol–water partition coefficient (Wildman–Crippen LogP) is 3.39. The third-order valence-corrected chi connectivity index (χ3v) is 6.42. The highest BCUT2D eigenvalue weighted by molar-refractivity contribution is 7.99. The van der Waals surface area contributed by atoms with Crippen LogP contribution in [0.2, 0.25) is 0 Å². The van der Waals surface area contributed by atoms with Crippen LogP contribution in [0.5, 0.6) is 0 Å². The number of amides is 1. The van der Waals surface area contributed by atoms with Gasteiger partial charge in [-0.2, -0.15) is 0 Å². The summed E-state index contributed by atoms with van der Waals surface area (Å²) in [5, 5.41) is 2.84. The van der Waals surface area contributed by atoms with Crippen molar-refractivity contribution in [1.29, 1.82) is 0 Å². The van der Waals surface area contributed by atoms with E-state index >= 15 is 0 Å². The van der Waals surface area contributed by atoms with Crippen molar-refractivity contribution in [2.45, 2.75) is 24.9 Å². The summed E-state index contributed by atoms with van der Waals surface area (Å²) >= 11 is 8.17. The highest BCUT2D eigenvalue weighted by Crippen LogP contribution is 2.18. The number of carbonyl (C=O) groups is 1. The standard InChI is InChI=1S/C19H20N4O2S3/c1-3-9-23-17-16(28-19(23)26)18(25)22(12-21-17)11-15(24)20-8-10-27-14-6-4-13(2)5-7-14/h3-7,12H,1,8-11H2,2H3,(H,20,24). The number of thiazole rings is 1. The maximum atomic E-state index is 12.6. The van der Waals surface area contributed by atoms with Gasteiger partial charge in [0.1, 0.15) is 17.6 Å². The molecule has 9 heteroatoms. The van der Waals surface area contributed by atoms with Crippen LogP contribution in [0.3, 0.4) is 0 Å². The molecule has 146 valence electrons. The van der Waals surface area contributed by atoms with Gasteiger partial charge in [-0.3, -0.25) is 14.2 Å². The Morgan fingerprint density at radius 2 is 2.14 bits per heavy atom. The van der Waals surface area contributed by atoms with E-state index in [9.17, 15) is 9.59 Å².